The number of nitrogens with zero attached hydrogens (tertiary/aromatic N) is 1. The number of aromatic amines is 1. The molecule has 0 aliphatic carbocycles. The Kier molecular flexibility index (Phi) is 5.20. The van der Waals surface area contributed by atoms with E-state index in [-0.39, 0.29) is 24.3 Å². The average molecular weight is 302 g/mol. The number of hydrogen-bond acceptors (Lipinski definition) is 3. The third-order valence-corrected chi connectivity index (χ3v) is 3.74. The number of methoxy groups -OCH3 is 1. The number of amides is 1. The highest BCUT2D eigenvalue weighted by Gasteiger charge is 2.19. The summed E-state index contributed by atoms with van der Waals surface area (Å²) in [5.41, 5.74) is 2.00. The summed E-state index contributed by atoms with van der Waals surface area (Å²) in [6.45, 7) is 4.28. The predicted octanol–water partition coefficient (Wildman–Crippen LogP) is 2.51. The Hall–Kier alpha value is -2.30. The Labute approximate surface area is 130 Å². The monoisotopic (exact) mass is 302 g/mol. The van der Waals surface area contributed by atoms with Crippen LogP contribution in [0.2, 0.25) is 0 Å². The lowest BCUT2D eigenvalue weighted by atomic mass is 10.1. The summed E-state index contributed by atoms with van der Waals surface area (Å²) >= 11 is 0. The predicted molar refractivity (Wildman–Crippen MR) is 85.5 cm³/mol. The minimum Gasteiger partial charge on any atom is -0.469 e. The number of esters is 1. The van der Waals surface area contributed by atoms with Gasteiger partial charge in [0.25, 0.3) is 0 Å². The first kappa shape index (κ1) is 16.1. The van der Waals surface area contributed by atoms with Gasteiger partial charge in [-0.2, -0.15) is 0 Å². The van der Waals surface area contributed by atoms with E-state index in [1.165, 1.54) is 7.11 Å². The molecule has 1 aromatic carbocycles. The van der Waals surface area contributed by atoms with E-state index < -0.39 is 0 Å². The molecule has 0 unspecified atom stereocenters. The van der Waals surface area contributed by atoms with Gasteiger partial charge in [-0.15, -0.1) is 0 Å². The summed E-state index contributed by atoms with van der Waals surface area (Å²) in [6, 6.07) is 7.95. The first-order valence-corrected chi connectivity index (χ1v) is 7.44. The van der Waals surface area contributed by atoms with E-state index in [4.69, 9.17) is 0 Å². The zero-order valence-electron chi connectivity index (χ0n) is 13.3. The molecule has 1 heterocycles. The minimum atomic E-state index is -0.300. The molecule has 0 aliphatic heterocycles. The molecule has 5 nitrogen and oxygen atoms in total. The van der Waals surface area contributed by atoms with E-state index in [2.05, 4.69) is 9.72 Å². The highest BCUT2D eigenvalue weighted by molar-refractivity contribution is 5.89. The number of para-hydroxylation sites is 1. The second-order valence-electron chi connectivity index (χ2n) is 5.54. The van der Waals surface area contributed by atoms with Gasteiger partial charge in [0, 0.05) is 29.7 Å². The summed E-state index contributed by atoms with van der Waals surface area (Å²) in [4.78, 5) is 28.7. The molecule has 0 bridgehead atoms. The van der Waals surface area contributed by atoms with Crippen LogP contribution in [0.25, 0.3) is 10.9 Å². The van der Waals surface area contributed by atoms with Crippen LogP contribution >= 0.6 is 0 Å². The van der Waals surface area contributed by atoms with Crippen LogP contribution in [0.5, 0.6) is 0 Å². The molecule has 0 atom stereocenters. The average Bonchev–Trinajstić information content (AvgIpc) is 2.90. The van der Waals surface area contributed by atoms with Crippen molar-refractivity contribution in [2.75, 3.05) is 13.7 Å². The van der Waals surface area contributed by atoms with Crippen molar-refractivity contribution >= 4 is 22.8 Å². The molecule has 2 aromatic rings. The fourth-order valence-electron chi connectivity index (χ4n) is 2.53. The molecule has 0 saturated carbocycles. The molecular formula is C17H22N2O3. The van der Waals surface area contributed by atoms with E-state index in [1.54, 1.807) is 4.90 Å². The topological polar surface area (TPSA) is 62.4 Å². The molecule has 0 saturated heterocycles. The van der Waals surface area contributed by atoms with Crippen molar-refractivity contribution in [3.05, 3.63) is 36.0 Å². The van der Waals surface area contributed by atoms with Crippen LogP contribution in [0, 0.1) is 0 Å². The van der Waals surface area contributed by atoms with Crippen molar-refractivity contribution in [2.45, 2.75) is 32.7 Å². The number of H-pyrrole nitrogens is 1. The lowest BCUT2D eigenvalue weighted by molar-refractivity contribution is -0.142. The third-order valence-electron chi connectivity index (χ3n) is 3.74. The van der Waals surface area contributed by atoms with Gasteiger partial charge in [0.2, 0.25) is 5.91 Å². The van der Waals surface area contributed by atoms with Crippen molar-refractivity contribution in [1.82, 2.24) is 9.88 Å². The number of rotatable bonds is 6. The molecule has 22 heavy (non-hydrogen) atoms. The first-order valence-electron chi connectivity index (χ1n) is 7.44. The van der Waals surface area contributed by atoms with Crippen molar-refractivity contribution in [1.29, 1.82) is 0 Å². The maximum Gasteiger partial charge on any atom is 0.307 e. The molecule has 118 valence electrons. The number of hydrogen-bond donors (Lipinski definition) is 1. The van der Waals surface area contributed by atoms with Crippen LogP contribution in [0.4, 0.5) is 0 Å². The van der Waals surface area contributed by atoms with Gasteiger partial charge in [-0.05, 0) is 25.5 Å². The summed E-state index contributed by atoms with van der Waals surface area (Å²) in [5, 5.41) is 1.06. The lowest BCUT2D eigenvalue weighted by Gasteiger charge is -2.26. The number of benzene rings is 1. The van der Waals surface area contributed by atoms with Crippen LogP contribution in [-0.2, 0) is 20.7 Å². The zero-order valence-corrected chi connectivity index (χ0v) is 13.3. The quantitative estimate of drug-likeness (QED) is 0.834. The second-order valence-corrected chi connectivity index (χ2v) is 5.54. The van der Waals surface area contributed by atoms with Crippen molar-refractivity contribution in [2.24, 2.45) is 0 Å². The van der Waals surface area contributed by atoms with Crippen LogP contribution < -0.4 is 0 Å². The summed E-state index contributed by atoms with van der Waals surface area (Å²) < 4.78 is 4.64. The Morgan fingerprint density at radius 3 is 2.68 bits per heavy atom. The molecule has 0 fully saturated rings. The SMILES string of the molecule is COC(=O)CCN(C(=O)Cc1c[nH]c2ccccc12)C(C)C. The van der Waals surface area contributed by atoms with Gasteiger partial charge in [-0.25, -0.2) is 0 Å². The van der Waals surface area contributed by atoms with Crippen LogP contribution in [-0.4, -0.2) is 41.5 Å². The van der Waals surface area contributed by atoms with Gasteiger partial charge in [-0.3, -0.25) is 9.59 Å². The van der Waals surface area contributed by atoms with Gasteiger partial charge in [0.1, 0.15) is 0 Å². The minimum absolute atomic E-state index is 0.0173. The largest absolute Gasteiger partial charge is 0.469 e. The van der Waals surface area contributed by atoms with E-state index in [1.807, 2.05) is 44.3 Å². The highest BCUT2D eigenvalue weighted by atomic mass is 16.5. The highest BCUT2D eigenvalue weighted by Crippen LogP contribution is 2.19. The molecule has 5 heteroatoms. The Morgan fingerprint density at radius 1 is 1.27 bits per heavy atom. The van der Waals surface area contributed by atoms with E-state index >= 15 is 0 Å². The Balaban J connectivity index is 2.09. The zero-order chi connectivity index (χ0) is 16.1. The molecule has 1 N–H and O–H groups in total. The summed E-state index contributed by atoms with van der Waals surface area (Å²) in [6.07, 6.45) is 2.42. The number of carbonyl (C=O) groups is 2. The van der Waals surface area contributed by atoms with Crippen LogP contribution in [0.1, 0.15) is 25.8 Å². The smallest absolute Gasteiger partial charge is 0.307 e. The van der Waals surface area contributed by atoms with Gasteiger partial charge in [0.05, 0.1) is 20.0 Å². The van der Waals surface area contributed by atoms with Crippen molar-refractivity contribution in [3.8, 4) is 0 Å². The van der Waals surface area contributed by atoms with Gasteiger partial charge < -0.3 is 14.6 Å². The molecule has 0 radical (unpaired) electrons. The number of fused-ring (bicyclic) bond motifs is 1. The maximum absolute atomic E-state index is 12.6. The molecule has 1 amide bonds. The molecular weight excluding hydrogens is 280 g/mol. The number of aromatic nitrogens is 1. The van der Waals surface area contributed by atoms with Crippen molar-refractivity contribution < 1.29 is 14.3 Å². The fraction of sp³-hybridized carbons (Fsp3) is 0.412. The van der Waals surface area contributed by atoms with Gasteiger partial charge in [0.15, 0.2) is 0 Å². The van der Waals surface area contributed by atoms with Crippen LogP contribution in [0.3, 0.4) is 0 Å². The number of carbonyl (C=O) groups excluding carboxylic acids is 2. The summed E-state index contributed by atoms with van der Waals surface area (Å²) in [7, 11) is 1.36. The van der Waals surface area contributed by atoms with Gasteiger partial charge in [-0.1, -0.05) is 18.2 Å². The standard InChI is InChI=1S/C17H22N2O3/c1-12(2)19(9-8-17(21)22-3)16(20)10-13-11-18-15-7-5-4-6-14(13)15/h4-7,11-12,18H,8-10H2,1-3H3. The Morgan fingerprint density at radius 2 is 2.00 bits per heavy atom. The van der Waals surface area contributed by atoms with E-state index in [9.17, 15) is 9.59 Å². The lowest BCUT2D eigenvalue weighted by Crippen LogP contribution is -2.39. The molecule has 1 aromatic heterocycles. The molecule has 0 aliphatic rings. The molecule has 0 spiro atoms. The molecule has 2 rings (SSSR count). The maximum atomic E-state index is 12.6. The van der Waals surface area contributed by atoms with E-state index in [0.29, 0.717) is 13.0 Å². The number of nitrogens with one attached hydrogen (secondary N) is 1. The summed E-state index contributed by atoms with van der Waals surface area (Å²) in [5.74, 6) is -0.283. The Bertz CT molecular complexity index is 661. The van der Waals surface area contributed by atoms with Gasteiger partial charge >= 0.3 is 5.97 Å². The van der Waals surface area contributed by atoms with E-state index in [0.717, 1.165) is 16.5 Å². The normalized spacial score (nSPS) is 10.9. The van der Waals surface area contributed by atoms with Crippen LogP contribution in [0.15, 0.2) is 30.5 Å². The first-order chi connectivity index (χ1) is 10.5. The third kappa shape index (κ3) is 3.67. The van der Waals surface area contributed by atoms with Crippen molar-refractivity contribution in [3.63, 3.8) is 0 Å². The second kappa shape index (κ2) is 7.11. The fourth-order valence-corrected chi connectivity index (χ4v) is 2.53. The number of ether oxygens (including phenoxy) is 1.